The van der Waals surface area contributed by atoms with Crippen LogP contribution in [0.2, 0.25) is 0 Å². The van der Waals surface area contributed by atoms with Gasteiger partial charge >= 0.3 is 0 Å². The molecule has 0 fully saturated rings. The van der Waals surface area contributed by atoms with E-state index in [0.29, 0.717) is 6.04 Å². The van der Waals surface area contributed by atoms with E-state index in [0.717, 1.165) is 6.54 Å². The van der Waals surface area contributed by atoms with E-state index in [2.05, 4.69) is 60.8 Å². The zero-order chi connectivity index (χ0) is 12.4. The van der Waals surface area contributed by atoms with Crippen molar-refractivity contribution >= 4 is 0 Å². The Morgan fingerprint density at radius 2 is 1.89 bits per heavy atom. The van der Waals surface area contributed by atoms with Crippen LogP contribution in [0.5, 0.6) is 0 Å². The van der Waals surface area contributed by atoms with Crippen LogP contribution >= 0.6 is 0 Å². The van der Waals surface area contributed by atoms with Gasteiger partial charge in [0.2, 0.25) is 0 Å². The molecule has 0 amide bonds. The van der Waals surface area contributed by atoms with Gasteiger partial charge < -0.3 is 5.32 Å². The highest BCUT2D eigenvalue weighted by molar-refractivity contribution is 5.69. The third kappa shape index (κ3) is 1.95. The van der Waals surface area contributed by atoms with Gasteiger partial charge in [-0.15, -0.1) is 0 Å². The number of nitrogens with one attached hydrogen (secondary N) is 1. The second kappa shape index (κ2) is 4.95. The first-order valence-corrected chi connectivity index (χ1v) is 6.80. The smallest absolute Gasteiger partial charge is 0.0326 e. The van der Waals surface area contributed by atoms with Crippen molar-refractivity contribution in [3.63, 3.8) is 0 Å². The lowest BCUT2D eigenvalue weighted by molar-refractivity contribution is 0.549. The second-order valence-electron chi connectivity index (χ2n) is 4.89. The van der Waals surface area contributed by atoms with Crippen molar-refractivity contribution in [3.05, 3.63) is 59.7 Å². The van der Waals surface area contributed by atoms with Gasteiger partial charge in [0, 0.05) is 6.04 Å². The predicted octanol–water partition coefficient (Wildman–Crippen LogP) is 3.95. The van der Waals surface area contributed by atoms with Gasteiger partial charge in [-0.25, -0.2) is 0 Å². The quantitative estimate of drug-likeness (QED) is 0.852. The minimum Gasteiger partial charge on any atom is -0.310 e. The maximum atomic E-state index is 3.58. The van der Waals surface area contributed by atoms with Gasteiger partial charge in [-0.1, -0.05) is 55.5 Å². The van der Waals surface area contributed by atoms with Gasteiger partial charge in [-0.2, -0.15) is 0 Å². The van der Waals surface area contributed by atoms with Gasteiger partial charge in [-0.05, 0) is 41.6 Å². The van der Waals surface area contributed by atoms with E-state index in [1.54, 1.807) is 0 Å². The standard InChI is InChI=1S/C17H19N/c1-2-18-17-12-11-15-14(9-6-10-16(15)17)13-7-4-3-5-8-13/h3-10,17-18H,2,11-12H2,1H3. The Labute approximate surface area is 109 Å². The lowest BCUT2D eigenvalue weighted by Gasteiger charge is -2.13. The molecule has 0 heterocycles. The van der Waals surface area contributed by atoms with Crippen molar-refractivity contribution in [2.45, 2.75) is 25.8 Å². The van der Waals surface area contributed by atoms with Crippen LogP contribution in [0.4, 0.5) is 0 Å². The topological polar surface area (TPSA) is 12.0 Å². The molecule has 18 heavy (non-hydrogen) atoms. The minimum absolute atomic E-state index is 0.550. The van der Waals surface area contributed by atoms with Crippen LogP contribution in [-0.2, 0) is 6.42 Å². The molecule has 0 saturated heterocycles. The highest BCUT2D eigenvalue weighted by atomic mass is 14.9. The first-order valence-electron chi connectivity index (χ1n) is 6.80. The Bertz CT molecular complexity index is 531. The molecule has 1 nitrogen and oxygen atoms in total. The van der Waals surface area contributed by atoms with Crippen LogP contribution in [0.3, 0.4) is 0 Å². The number of fused-ring (bicyclic) bond motifs is 1. The first kappa shape index (κ1) is 11.5. The summed E-state index contributed by atoms with van der Waals surface area (Å²) in [5, 5.41) is 3.58. The number of hydrogen-bond donors (Lipinski definition) is 1. The van der Waals surface area contributed by atoms with Gasteiger partial charge in [0.15, 0.2) is 0 Å². The van der Waals surface area contributed by atoms with Gasteiger partial charge in [-0.3, -0.25) is 0 Å². The number of benzene rings is 2. The third-order valence-corrected chi connectivity index (χ3v) is 3.81. The number of rotatable bonds is 3. The highest BCUT2D eigenvalue weighted by Crippen LogP contribution is 2.37. The van der Waals surface area contributed by atoms with E-state index < -0.39 is 0 Å². The van der Waals surface area contributed by atoms with E-state index in [9.17, 15) is 0 Å². The van der Waals surface area contributed by atoms with Crippen LogP contribution in [0, 0.1) is 0 Å². The molecule has 1 heteroatoms. The molecule has 0 radical (unpaired) electrons. The van der Waals surface area contributed by atoms with Gasteiger partial charge in [0.05, 0.1) is 0 Å². The molecule has 0 aliphatic heterocycles. The van der Waals surface area contributed by atoms with Crippen molar-refractivity contribution in [3.8, 4) is 11.1 Å². The van der Waals surface area contributed by atoms with E-state index in [4.69, 9.17) is 0 Å². The summed E-state index contributed by atoms with van der Waals surface area (Å²) >= 11 is 0. The molecule has 1 N–H and O–H groups in total. The fourth-order valence-electron chi connectivity index (χ4n) is 3.00. The summed E-state index contributed by atoms with van der Waals surface area (Å²) in [6.07, 6.45) is 2.42. The van der Waals surface area contributed by atoms with Gasteiger partial charge in [0.25, 0.3) is 0 Å². The molecule has 0 spiro atoms. The zero-order valence-corrected chi connectivity index (χ0v) is 10.8. The molecular formula is C17H19N. The summed E-state index contributed by atoms with van der Waals surface area (Å²) in [7, 11) is 0. The molecule has 0 saturated carbocycles. The SMILES string of the molecule is CCNC1CCc2c(-c3ccccc3)cccc21. The Balaban J connectivity index is 2.04. The molecule has 92 valence electrons. The molecule has 2 aromatic rings. The average Bonchev–Trinajstić information content (AvgIpc) is 2.84. The normalized spacial score (nSPS) is 17.7. The van der Waals surface area contributed by atoms with Crippen molar-refractivity contribution < 1.29 is 0 Å². The Morgan fingerprint density at radius 1 is 1.06 bits per heavy atom. The lowest BCUT2D eigenvalue weighted by atomic mass is 9.96. The summed E-state index contributed by atoms with van der Waals surface area (Å²) in [5.41, 5.74) is 5.79. The maximum Gasteiger partial charge on any atom is 0.0326 e. The summed E-state index contributed by atoms with van der Waals surface area (Å²) < 4.78 is 0. The highest BCUT2D eigenvalue weighted by Gasteiger charge is 2.23. The van der Waals surface area contributed by atoms with Crippen LogP contribution in [0.15, 0.2) is 48.5 Å². The van der Waals surface area contributed by atoms with Crippen LogP contribution in [0.1, 0.15) is 30.5 Å². The Hall–Kier alpha value is -1.60. The molecule has 3 rings (SSSR count). The molecule has 1 aliphatic rings. The largest absolute Gasteiger partial charge is 0.310 e. The fraction of sp³-hybridized carbons (Fsp3) is 0.294. The van der Waals surface area contributed by atoms with Crippen molar-refractivity contribution in [2.75, 3.05) is 6.54 Å². The van der Waals surface area contributed by atoms with Gasteiger partial charge in [0.1, 0.15) is 0 Å². The summed E-state index contributed by atoms with van der Waals surface area (Å²) in [4.78, 5) is 0. The Kier molecular flexibility index (Phi) is 3.16. The molecule has 1 aliphatic carbocycles. The summed E-state index contributed by atoms with van der Waals surface area (Å²) in [6.45, 7) is 3.22. The molecule has 0 aromatic heterocycles. The summed E-state index contributed by atoms with van der Waals surface area (Å²) in [6, 6.07) is 18.0. The molecule has 1 unspecified atom stereocenters. The van der Waals surface area contributed by atoms with Crippen molar-refractivity contribution in [1.29, 1.82) is 0 Å². The average molecular weight is 237 g/mol. The summed E-state index contributed by atoms with van der Waals surface area (Å²) in [5.74, 6) is 0. The second-order valence-corrected chi connectivity index (χ2v) is 4.89. The minimum atomic E-state index is 0.550. The lowest BCUT2D eigenvalue weighted by Crippen LogP contribution is -2.18. The molecule has 0 bridgehead atoms. The van der Waals surface area contributed by atoms with Crippen LogP contribution in [0.25, 0.3) is 11.1 Å². The van der Waals surface area contributed by atoms with E-state index in [1.807, 2.05) is 0 Å². The van der Waals surface area contributed by atoms with E-state index in [1.165, 1.54) is 35.1 Å². The first-order chi connectivity index (χ1) is 8.90. The van der Waals surface area contributed by atoms with E-state index in [-0.39, 0.29) is 0 Å². The molecule has 1 atom stereocenters. The van der Waals surface area contributed by atoms with Crippen LogP contribution in [-0.4, -0.2) is 6.54 Å². The predicted molar refractivity (Wildman–Crippen MR) is 76.6 cm³/mol. The third-order valence-electron chi connectivity index (χ3n) is 3.81. The molecular weight excluding hydrogens is 218 g/mol. The zero-order valence-electron chi connectivity index (χ0n) is 10.8. The van der Waals surface area contributed by atoms with Crippen LogP contribution < -0.4 is 5.32 Å². The number of hydrogen-bond acceptors (Lipinski definition) is 1. The maximum absolute atomic E-state index is 3.58. The Morgan fingerprint density at radius 3 is 2.67 bits per heavy atom. The molecule has 2 aromatic carbocycles. The van der Waals surface area contributed by atoms with E-state index >= 15 is 0 Å². The monoisotopic (exact) mass is 237 g/mol. The van der Waals surface area contributed by atoms with Crippen molar-refractivity contribution in [2.24, 2.45) is 0 Å². The van der Waals surface area contributed by atoms with Crippen molar-refractivity contribution in [1.82, 2.24) is 5.32 Å². The fourth-order valence-corrected chi connectivity index (χ4v) is 3.00.